The number of carbonyl (C=O) groups is 3. The summed E-state index contributed by atoms with van der Waals surface area (Å²) < 4.78 is 1.24. The van der Waals surface area contributed by atoms with Crippen LogP contribution in [0.2, 0.25) is 4.34 Å². The molecule has 11 nitrogen and oxygen atoms in total. The minimum absolute atomic E-state index is 0.0196. The van der Waals surface area contributed by atoms with Crippen LogP contribution in [0, 0.1) is 0 Å². The lowest BCUT2D eigenvalue weighted by Crippen LogP contribution is -2.70. The van der Waals surface area contributed by atoms with E-state index in [1.54, 1.807) is 11.4 Å². The highest BCUT2D eigenvalue weighted by Crippen LogP contribution is 2.46. The molecule has 5 N–H and O–H groups in total. The second kappa shape index (κ2) is 10.0. The van der Waals surface area contributed by atoms with Gasteiger partial charge in [0.15, 0.2) is 10.8 Å². The molecule has 2 amide bonds. The van der Waals surface area contributed by atoms with Gasteiger partial charge in [0, 0.05) is 26.5 Å². The number of thiazole rings is 1. The molecule has 0 radical (unpaired) electrons. The number of thioether (sulfide) groups is 1. The number of fused-ring (bicyclic) bond motifs is 2. The topological polar surface area (TPSA) is 175 Å². The van der Waals surface area contributed by atoms with Crippen molar-refractivity contribution in [2.45, 2.75) is 18.0 Å². The summed E-state index contributed by atoms with van der Waals surface area (Å²) >= 11 is 14.6. The Hall–Kier alpha value is -2.47. The van der Waals surface area contributed by atoms with Crippen LogP contribution in [-0.4, -0.2) is 60.0 Å². The van der Waals surface area contributed by atoms with E-state index < -0.39 is 40.7 Å². The largest absolute Gasteiger partial charge is 0.410 e. The molecule has 0 bridgehead atoms. The lowest BCUT2D eigenvalue weighted by Gasteiger charge is -2.49. The highest BCUT2D eigenvalue weighted by Gasteiger charge is 2.54. The third-order valence-corrected chi connectivity index (χ3v) is 10.5. The first kappa shape index (κ1) is 26.1. The number of thiol groups is 1. The minimum Gasteiger partial charge on any atom is -0.410 e. The molecule has 5 heterocycles. The lowest BCUT2D eigenvalue weighted by atomic mass is 10.0. The van der Waals surface area contributed by atoms with Gasteiger partial charge in [0.25, 0.3) is 11.8 Å². The molecule has 192 valence electrons. The number of nitrogens with zero attached hydrogens (tertiary/aromatic N) is 3. The Kier molecular flexibility index (Phi) is 7.08. The predicted octanol–water partition coefficient (Wildman–Crippen LogP) is 1.95. The number of aliphatic hydroxyl groups is 1. The Morgan fingerprint density at radius 3 is 2.73 bits per heavy atom. The third-order valence-electron chi connectivity index (χ3n) is 5.63. The Morgan fingerprint density at radius 2 is 2.11 bits per heavy atom. The van der Waals surface area contributed by atoms with Crippen molar-refractivity contribution in [3.05, 3.63) is 47.8 Å². The molecule has 0 aromatic carbocycles. The zero-order valence-corrected chi connectivity index (χ0v) is 23.0. The van der Waals surface area contributed by atoms with Crippen molar-refractivity contribution < 1.29 is 24.7 Å². The van der Waals surface area contributed by atoms with E-state index in [0.29, 0.717) is 19.9 Å². The fourth-order valence-corrected chi connectivity index (χ4v) is 8.85. The maximum Gasteiger partial charge on any atom is 0.276 e. The van der Waals surface area contributed by atoms with Gasteiger partial charge in [-0.2, -0.15) is 0 Å². The second-order valence-electron chi connectivity index (χ2n) is 7.63. The van der Waals surface area contributed by atoms with Crippen LogP contribution in [0.1, 0.15) is 16.1 Å². The van der Waals surface area contributed by atoms with E-state index in [1.807, 2.05) is 0 Å². The van der Waals surface area contributed by atoms with E-state index in [9.17, 15) is 29.5 Å². The van der Waals surface area contributed by atoms with Gasteiger partial charge < -0.3 is 21.4 Å². The number of thiophene rings is 1. The molecule has 1 unspecified atom stereocenters. The molecule has 1 saturated heterocycles. The van der Waals surface area contributed by atoms with Gasteiger partial charge in [0.05, 0.1) is 11.3 Å². The number of carbonyl (C=O) groups excluding carboxylic acids is 3. The number of rotatable bonds is 6. The third kappa shape index (κ3) is 4.25. The van der Waals surface area contributed by atoms with Gasteiger partial charge in [-0.05, 0) is 11.4 Å². The number of oxime groups is 1. The summed E-state index contributed by atoms with van der Waals surface area (Å²) in [5, 5.41) is 25.3. The van der Waals surface area contributed by atoms with Crippen LogP contribution in [0.3, 0.4) is 0 Å². The molecule has 2 aliphatic rings. The smallest absolute Gasteiger partial charge is 0.276 e. The number of nitrogens with two attached hydrogens (primary N) is 1. The van der Waals surface area contributed by atoms with Crippen molar-refractivity contribution in [3.8, 4) is 0 Å². The minimum atomic E-state index is -1.05. The number of hydrogen-bond donors (Lipinski definition) is 5. The summed E-state index contributed by atoms with van der Waals surface area (Å²) in [5.41, 5.74) is 5.14. The van der Waals surface area contributed by atoms with Crippen LogP contribution in [0.15, 0.2) is 27.1 Å². The number of hydrogen-bond acceptors (Lipinski definition) is 13. The van der Waals surface area contributed by atoms with Crippen molar-refractivity contribution >= 4 is 113 Å². The maximum absolute atomic E-state index is 13.1. The number of amides is 2. The summed E-state index contributed by atoms with van der Waals surface area (Å²) in [6, 6.07) is 0.727. The summed E-state index contributed by atoms with van der Waals surface area (Å²) in [6.07, 6.45) is 0. The Labute approximate surface area is 234 Å². The van der Waals surface area contributed by atoms with E-state index in [1.165, 1.54) is 39.3 Å². The summed E-state index contributed by atoms with van der Waals surface area (Å²) in [7, 11) is 0. The highest BCUT2D eigenvalue weighted by atomic mass is 35.5. The molecule has 3 aromatic heterocycles. The van der Waals surface area contributed by atoms with Crippen LogP contribution < -0.4 is 16.5 Å². The molecule has 37 heavy (non-hydrogen) atoms. The van der Waals surface area contributed by atoms with Gasteiger partial charge in [0.1, 0.15) is 27.1 Å². The molecule has 3 aromatic rings. The van der Waals surface area contributed by atoms with E-state index in [0.717, 1.165) is 11.3 Å². The molecule has 2 aliphatic heterocycles. The highest BCUT2D eigenvalue weighted by molar-refractivity contribution is 8.00. The molecule has 0 spiro atoms. The number of nitrogen functional groups attached to an aromatic ring is 1. The first-order valence-electron chi connectivity index (χ1n) is 10.2. The predicted molar refractivity (Wildman–Crippen MR) is 148 cm³/mol. The van der Waals surface area contributed by atoms with Gasteiger partial charge in [0.2, 0.25) is 10.5 Å². The number of anilines is 1. The molecular weight excluding hydrogens is 602 g/mol. The van der Waals surface area contributed by atoms with Gasteiger partial charge >= 0.3 is 0 Å². The zero-order chi connectivity index (χ0) is 26.6. The monoisotopic (exact) mass is 615 g/mol. The number of aliphatic hydroxyl groups excluding tert-OH is 1. The molecule has 1 fully saturated rings. The summed E-state index contributed by atoms with van der Waals surface area (Å²) in [5.74, 6) is -1.31. The normalized spacial score (nSPS) is 19.7. The van der Waals surface area contributed by atoms with E-state index in [4.69, 9.17) is 17.3 Å². The lowest BCUT2D eigenvalue weighted by molar-refractivity contribution is -0.145. The Morgan fingerprint density at radius 1 is 1.35 bits per heavy atom. The Bertz CT molecular complexity index is 1610. The molecular formula is C20H14ClN5O6S5. The molecule has 2 atom stereocenters. The van der Waals surface area contributed by atoms with Gasteiger partial charge in [-0.25, -0.2) is 4.98 Å². The van der Waals surface area contributed by atoms with Crippen molar-refractivity contribution in [2.24, 2.45) is 5.16 Å². The average Bonchev–Trinajstić information content (AvgIpc) is 3.47. The van der Waals surface area contributed by atoms with Crippen LogP contribution in [0.5, 0.6) is 0 Å². The first-order valence-corrected chi connectivity index (χ1v) is 14.6. The van der Waals surface area contributed by atoms with Crippen LogP contribution in [0.4, 0.5) is 5.13 Å². The van der Waals surface area contributed by atoms with Crippen LogP contribution in [-0.2, 0) is 21.0 Å². The van der Waals surface area contributed by atoms with Crippen molar-refractivity contribution in [3.63, 3.8) is 0 Å². The average molecular weight is 616 g/mol. The SMILES string of the molecule is Nc1nc(C(=NO)C(=O)NC2C(=O)N3C(C(=O)S)=C(c4sc5ccsc5c(=O)c4CO)CS[C@H]23)c(Cl)s1. The van der Waals surface area contributed by atoms with Gasteiger partial charge in [-0.15, -0.1) is 34.4 Å². The Balaban J connectivity index is 1.48. The van der Waals surface area contributed by atoms with E-state index in [-0.39, 0.29) is 37.6 Å². The number of halogens is 1. The van der Waals surface area contributed by atoms with Gasteiger partial charge in [-0.1, -0.05) is 40.7 Å². The summed E-state index contributed by atoms with van der Waals surface area (Å²) in [4.78, 5) is 57.0. The molecule has 0 aliphatic carbocycles. The number of nitrogens with one attached hydrogen (secondary N) is 1. The summed E-state index contributed by atoms with van der Waals surface area (Å²) in [6.45, 7) is -0.538. The fraction of sp³-hybridized carbons (Fsp3) is 0.200. The maximum atomic E-state index is 13.1. The molecule has 5 rings (SSSR count). The quantitative estimate of drug-likeness (QED) is 0.0912. The number of aromatic nitrogens is 1. The standard InChI is InChI=1S/C20H14ClN5O6S5/c21-15-8(24-20(22)37-15)9(25-32)16(29)23-10-17(30)26-11(19(31)33)6(4-35-18(10)26)13-5(3-27)12(28)14-7(36-13)1-2-34-14/h1-2,10,18,27,32H,3-4H2,(H2,22,24)(H,23,29)(H,31,33)/t10?,18-/m1/s1. The van der Waals surface area contributed by atoms with Crippen molar-refractivity contribution in [1.82, 2.24) is 15.2 Å². The number of β-lactam (4-membered cyclic amide) rings is 1. The van der Waals surface area contributed by atoms with E-state index in [2.05, 4.69) is 28.1 Å². The van der Waals surface area contributed by atoms with Crippen LogP contribution in [0.25, 0.3) is 15.0 Å². The first-order chi connectivity index (χ1) is 17.7. The van der Waals surface area contributed by atoms with Crippen LogP contribution >= 0.6 is 70.0 Å². The van der Waals surface area contributed by atoms with E-state index >= 15 is 0 Å². The second-order valence-corrected chi connectivity index (χ2v) is 12.7. The fourth-order valence-electron chi connectivity index (χ4n) is 4.01. The zero-order valence-electron chi connectivity index (χ0n) is 18.1. The molecule has 0 saturated carbocycles. The molecule has 17 heteroatoms. The van der Waals surface area contributed by atoms with Crippen molar-refractivity contribution in [2.75, 3.05) is 11.5 Å². The van der Waals surface area contributed by atoms with Crippen molar-refractivity contribution in [1.29, 1.82) is 0 Å². The van der Waals surface area contributed by atoms with Gasteiger partial charge in [-0.3, -0.25) is 24.1 Å².